The van der Waals surface area contributed by atoms with Crippen LogP contribution in [0, 0.1) is 10.1 Å². The average molecular weight is 321 g/mol. The molecule has 0 bridgehead atoms. The van der Waals surface area contributed by atoms with Crippen molar-refractivity contribution in [2.75, 3.05) is 18.5 Å². The Morgan fingerprint density at radius 2 is 2.05 bits per heavy atom. The minimum absolute atomic E-state index is 0.0401. The third-order valence-corrected chi connectivity index (χ3v) is 3.56. The van der Waals surface area contributed by atoms with Crippen LogP contribution in [0.25, 0.3) is 0 Å². The van der Waals surface area contributed by atoms with Crippen molar-refractivity contribution in [2.45, 2.75) is 6.10 Å². The Balaban J connectivity index is 1.63. The Kier molecular flexibility index (Phi) is 4.02. The molecule has 22 heavy (non-hydrogen) atoms. The van der Waals surface area contributed by atoms with E-state index in [-0.39, 0.29) is 11.8 Å². The molecule has 0 saturated heterocycles. The summed E-state index contributed by atoms with van der Waals surface area (Å²) < 4.78 is 11.4. The van der Waals surface area contributed by atoms with E-state index >= 15 is 0 Å². The number of nitro groups is 1. The molecular formula is C15H13ClN2O4. The molecule has 0 saturated carbocycles. The predicted octanol–water partition coefficient (Wildman–Crippen LogP) is 3.50. The third kappa shape index (κ3) is 3.07. The highest BCUT2D eigenvalue weighted by molar-refractivity contribution is 6.33. The van der Waals surface area contributed by atoms with Crippen LogP contribution in [0.4, 0.5) is 11.4 Å². The first-order chi connectivity index (χ1) is 10.6. The van der Waals surface area contributed by atoms with Crippen molar-refractivity contribution in [3.05, 3.63) is 57.6 Å². The van der Waals surface area contributed by atoms with Gasteiger partial charge in [-0.2, -0.15) is 0 Å². The number of hydrogen-bond donors (Lipinski definition) is 1. The molecule has 0 radical (unpaired) electrons. The highest BCUT2D eigenvalue weighted by atomic mass is 35.5. The van der Waals surface area contributed by atoms with Gasteiger partial charge in [-0.05, 0) is 18.2 Å². The second-order valence-electron chi connectivity index (χ2n) is 4.80. The molecule has 3 rings (SSSR count). The van der Waals surface area contributed by atoms with Gasteiger partial charge in [0, 0.05) is 12.1 Å². The van der Waals surface area contributed by atoms with Crippen molar-refractivity contribution < 1.29 is 14.4 Å². The molecule has 0 aliphatic carbocycles. The molecule has 1 heterocycles. The van der Waals surface area contributed by atoms with Gasteiger partial charge in [-0.1, -0.05) is 23.7 Å². The van der Waals surface area contributed by atoms with E-state index in [9.17, 15) is 10.1 Å². The summed E-state index contributed by atoms with van der Waals surface area (Å²) in [7, 11) is 0. The SMILES string of the molecule is O=[N+]([O-])c1ccc(NC[C@H]2COc3ccccc3O2)c(Cl)c1. The van der Waals surface area contributed by atoms with E-state index in [0.717, 1.165) is 5.75 Å². The molecule has 0 aromatic heterocycles. The first-order valence-electron chi connectivity index (χ1n) is 6.70. The Labute approximate surface area is 131 Å². The van der Waals surface area contributed by atoms with Crippen molar-refractivity contribution >= 4 is 23.0 Å². The third-order valence-electron chi connectivity index (χ3n) is 3.25. The lowest BCUT2D eigenvalue weighted by Crippen LogP contribution is -2.35. The van der Waals surface area contributed by atoms with Gasteiger partial charge in [0.05, 0.1) is 22.2 Å². The minimum atomic E-state index is -0.481. The van der Waals surface area contributed by atoms with Crippen molar-refractivity contribution in [1.82, 2.24) is 0 Å². The Morgan fingerprint density at radius 3 is 2.77 bits per heavy atom. The molecule has 6 nitrogen and oxygen atoms in total. The van der Waals surface area contributed by atoms with Crippen molar-refractivity contribution in [3.63, 3.8) is 0 Å². The van der Waals surface area contributed by atoms with Gasteiger partial charge in [0.25, 0.3) is 5.69 Å². The number of benzene rings is 2. The van der Waals surface area contributed by atoms with Gasteiger partial charge < -0.3 is 14.8 Å². The van der Waals surface area contributed by atoms with Crippen LogP contribution in [0.2, 0.25) is 5.02 Å². The number of nitro benzene ring substituents is 1. The van der Waals surface area contributed by atoms with Crippen LogP contribution in [-0.2, 0) is 0 Å². The van der Waals surface area contributed by atoms with Crippen molar-refractivity contribution in [3.8, 4) is 11.5 Å². The van der Waals surface area contributed by atoms with Crippen LogP contribution in [-0.4, -0.2) is 24.2 Å². The monoisotopic (exact) mass is 320 g/mol. The summed E-state index contributed by atoms with van der Waals surface area (Å²) in [5.74, 6) is 1.43. The summed E-state index contributed by atoms with van der Waals surface area (Å²) in [6.45, 7) is 0.903. The van der Waals surface area contributed by atoms with Crippen LogP contribution >= 0.6 is 11.6 Å². The number of fused-ring (bicyclic) bond motifs is 1. The Hall–Kier alpha value is -2.47. The highest BCUT2D eigenvalue weighted by Crippen LogP contribution is 2.31. The van der Waals surface area contributed by atoms with Gasteiger partial charge in [0.1, 0.15) is 12.7 Å². The maximum atomic E-state index is 10.7. The molecule has 2 aromatic rings. The van der Waals surface area contributed by atoms with Crippen LogP contribution in [0.15, 0.2) is 42.5 Å². The number of hydrogen-bond acceptors (Lipinski definition) is 5. The molecular weight excluding hydrogens is 308 g/mol. The van der Waals surface area contributed by atoms with Crippen LogP contribution in [0.5, 0.6) is 11.5 Å². The molecule has 1 aliphatic heterocycles. The van der Waals surface area contributed by atoms with Crippen molar-refractivity contribution in [1.29, 1.82) is 0 Å². The van der Waals surface area contributed by atoms with Crippen LogP contribution in [0.3, 0.4) is 0 Å². The van der Waals surface area contributed by atoms with Crippen molar-refractivity contribution in [2.24, 2.45) is 0 Å². The van der Waals surface area contributed by atoms with E-state index in [4.69, 9.17) is 21.1 Å². The van der Waals surface area contributed by atoms with E-state index in [1.54, 1.807) is 6.07 Å². The molecule has 114 valence electrons. The van der Waals surface area contributed by atoms with Gasteiger partial charge >= 0.3 is 0 Å². The number of halogens is 1. The van der Waals surface area contributed by atoms with Gasteiger partial charge in [0.2, 0.25) is 0 Å². The summed E-state index contributed by atoms with van der Waals surface area (Å²) >= 11 is 6.03. The fraction of sp³-hybridized carbons (Fsp3) is 0.200. The summed E-state index contributed by atoms with van der Waals surface area (Å²) in [4.78, 5) is 10.2. The lowest BCUT2D eigenvalue weighted by molar-refractivity contribution is -0.384. The maximum absolute atomic E-state index is 10.7. The number of non-ortho nitro benzene ring substituents is 1. The van der Waals surface area contributed by atoms with Gasteiger partial charge in [0.15, 0.2) is 11.5 Å². The maximum Gasteiger partial charge on any atom is 0.271 e. The van der Waals surface area contributed by atoms with Gasteiger partial charge in [-0.25, -0.2) is 0 Å². The van der Waals surface area contributed by atoms with E-state index in [1.807, 2.05) is 24.3 Å². The lowest BCUT2D eigenvalue weighted by Gasteiger charge is -2.26. The molecule has 0 amide bonds. The van der Waals surface area contributed by atoms with E-state index < -0.39 is 4.92 Å². The van der Waals surface area contributed by atoms with E-state index in [2.05, 4.69) is 5.32 Å². The molecule has 1 aliphatic rings. The number of nitrogens with one attached hydrogen (secondary N) is 1. The van der Waals surface area contributed by atoms with Gasteiger partial charge in [-0.3, -0.25) is 10.1 Å². The smallest absolute Gasteiger partial charge is 0.271 e. The zero-order valence-electron chi connectivity index (χ0n) is 11.5. The summed E-state index contributed by atoms with van der Waals surface area (Å²) in [5.41, 5.74) is 0.580. The second kappa shape index (κ2) is 6.11. The largest absolute Gasteiger partial charge is 0.486 e. The second-order valence-corrected chi connectivity index (χ2v) is 5.21. The zero-order chi connectivity index (χ0) is 15.5. The molecule has 0 fully saturated rings. The normalized spacial score (nSPS) is 16.1. The number of para-hydroxylation sites is 2. The molecule has 7 heteroatoms. The zero-order valence-corrected chi connectivity index (χ0v) is 12.2. The summed E-state index contributed by atoms with van der Waals surface area (Å²) in [6.07, 6.45) is -0.166. The lowest BCUT2D eigenvalue weighted by atomic mass is 10.2. The molecule has 1 atom stereocenters. The minimum Gasteiger partial charge on any atom is -0.486 e. The quantitative estimate of drug-likeness (QED) is 0.689. The molecule has 2 aromatic carbocycles. The first kappa shape index (κ1) is 14.5. The Bertz CT molecular complexity index is 708. The topological polar surface area (TPSA) is 73.6 Å². The molecule has 0 unspecified atom stereocenters. The fourth-order valence-electron chi connectivity index (χ4n) is 2.15. The number of anilines is 1. The average Bonchev–Trinajstić information content (AvgIpc) is 2.53. The highest BCUT2D eigenvalue weighted by Gasteiger charge is 2.20. The fourth-order valence-corrected chi connectivity index (χ4v) is 2.39. The summed E-state index contributed by atoms with van der Waals surface area (Å²) in [5, 5.41) is 14.1. The standard InChI is InChI=1S/C15H13ClN2O4/c16-12-7-10(18(19)20)5-6-13(12)17-8-11-9-21-14-3-1-2-4-15(14)22-11/h1-7,11,17H,8-9H2/t11-/m0/s1. The van der Waals surface area contributed by atoms with Gasteiger partial charge in [-0.15, -0.1) is 0 Å². The van der Waals surface area contributed by atoms with E-state index in [1.165, 1.54) is 12.1 Å². The summed E-state index contributed by atoms with van der Waals surface area (Å²) in [6, 6.07) is 11.8. The van der Waals surface area contributed by atoms with Crippen LogP contribution < -0.4 is 14.8 Å². The first-order valence-corrected chi connectivity index (χ1v) is 7.07. The number of nitrogens with zero attached hydrogens (tertiary/aromatic N) is 1. The van der Waals surface area contributed by atoms with E-state index in [0.29, 0.717) is 29.6 Å². The Morgan fingerprint density at radius 1 is 1.27 bits per heavy atom. The predicted molar refractivity (Wildman–Crippen MR) is 82.9 cm³/mol. The molecule has 0 spiro atoms. The molecule has 1 N–H and O–H groups in total. The number of ether oxygens (including phenoxy) is 2. The number of rotatable bonds is 4. The van der Waals surface area contributed by atoms with Crippen LogP contribution in [0.1, 0.15) is 0 Å².